The van der Waals surface area contributed by atoms with Crippen molar-refractivity contribution in [2.45, 2.75) is 38.4 Å². The van der Waals surface area contributed by atoms with Crippen molar-refractivity contribution in [1.82, 2.24) is 25.2 Å². The SMILES string of the molecule is Cc1c(C(=O)N[C@@H]2CCc3cccc(N4CCN(C)CC4)c3C2)nnn1-c1cccc(C(F)(F)F)c1. The van der Waals surface area contributed by atoms with Crippen LogP contribution in [0.2, 0.25) is 0 Å². The second kappa shape index (κ2) is 9.57. The second-order valence-electron chi connectivity index (χ2n) is 9.60. The van der Waals surface area contributed by atoms with E-state index in [4.69, 9.17) is 0 Å². The van der Waals surface area contributed by atoms with Gasteiger partial charge in [0.05, 0.1) is 16.9 Å². The van der Waals surface area contributed by atoms with Crippen molar-refractivity contribution in [3.63, 3.8) is 0 Å². The monoisotopic (exact) mass is 498 g/mol. The lowest BCUT2D eigenvalue weighted by molar-refractivity contribution is -0.137. The molecular weight excluding hydrogens is 469 g/mol. The predicted molar refractivity (Wildman–Crippen MR) is 131 cm³/mol. The first-order valence-corrected chi connectivity index (χ1v) is 12.2. The molecule has 1 aromatic heterocycles. The Morgan fingerprint density at radius 2 is 1.83 bits per heavy atom. The van der Waals surface area contributed by atoms with Crippen molar-refractivity contribution < 1.29 is 18.0 Å². The fourth-order valence-corrected chi connectivity index (χ4v) is 5.09. The van der Waals surface area contributed by atoms with E-state index < -0.39 is 11.7 Å². The van der Waals surface area contributed by atoms with Gasteiger partial charge >= 0.3 is 6.18 Å². The number of anilines is 1. The number of hydrogen-bond donors (Lipinski definition) is 1. The molecule has 2 aromatic carbocycles. The molecule has 0 bridgehead atoms. The molecule has 3 aromatic rings. The van der Waals surface area contributed by atoms with Gasteiger partial charge in [-0.1, -0.05) is 23.4 Å². The highest BCUT2D eigenvalue weighted by Gasteiger charge is 2.31. The molecule has 0 unspecified atom stereocenters. The van der Waals surface area contributed by atoms with Crippen molar-refractivity contribution in [1.29, 1.82) is 0 Å². The molecule has 190 valence electrons. The molecule has 1 aliphatic heterocycles. The maximum atomic E-state index is 13.1. The van der Waals surface area contributed by atoms with Crippen LogP contribution in [0.4, 0.5) is 18.9 Å². The summed E-state index contributed by atoms with van der Waals surface area (Å²) in [7, 11) is 2.13. The van der Waals surface area contributed by atoms with Crippen LogP contribution in [0.15, 0.2) is 42.5 Å². The lowest BCUT2D eigenvalue weighted by atomic mass is 9.86. The van der Waals surface area contributed by atoms with Gasteiger partial charge in [-0.05, 0) is 68.6 Å². The van der Waals surface area contributed by atoms with Crippen LogP contribution in [0.1, 0.15) is 39.3 Å². The summed E-state index contributed by atoms with van der Waals surface area (Å²) in [6.45, 7) is 5.62. The summed E-state index contributed by atoms with van der Waals surface area (Å²) in [5.74, 6) is -0.365. The number of hydrogen-bond acceptors (Lipinski definition) is 5. The van der Waals surface area contributed by atoms with E-state index in [1.807, 2.05) is 0 Å². The molecule has 2 aliphatic rings. The summed E-state index contributed by atoms with van der Waals surface area (Å²) < 4.78 is 40.7. The standard InChI is InChI=1S/C26H29F3N6O/c1-17-24(31-32-35(17)21-7-4-6-19(15-21)26(27,28)29)25(36)30-20-10-9-18-5-3-8-23(22(18)16-20)34-13-11-33(2)12-14-34/h3-8,15,20H,9-14,16H2,1-2H3,(H,30,36)/t20-/m1/s1. The maximum Gasteiger partial charge on any atom is 0.416 e. The summed E-state index contributed by atoms with van der Waals surface area (Å²) in [4.78, 5) is 17.9. The molecule has 1 N–H and O–H groups in total. The third kappa shape index (κ3) is 4.82. The van der Waals surface area contributed by atoms with Gasteiger partial charge < -0.3 is 15.1 Å². The zero-order valence-corrected chi connectivity index (χ0v) is 20.3. The van der Waals surface area contributed by atoms with Crippen molar-refractivity contribution in [3.05, 3.63) is 70.5 Å². The second-order valence-corrected chi connectivity index (χ2v) is 9.60. The first-order chi connectivity index (χ1) is 17.2. The normalized spacial score (nSPS) is 18.7. The van der Waals surface area contributed by atoms with Gasteiger partial charge in [-0.2, -0.15) is 13.2 Å². The number of halogens is 3. The quantitative estimate of drug-likeness (QED) is 0.595. The van der Waals surface area contributed by atoms with Gasteiger partial charge in [0, 0.05) is 37.9 Å². The number of aromatic nitrogens is 3. The number of piperazine rings is 1. The summed E-state index contributed by atoms with van der Waals surface area (Å²) in [5, 5.41) is 11.1. The van der Waals surface area contributed by atoms with Gasteiger partial charge in [0.2, 0.25) is 0 Å². The smallest absolute Gasteiger partial charge is 0.369 e. The number of nitrogens with zero attached hydrogens (tertiary/aromatic N) is 5. The molecule has 1 fully saturated rings. The minimum absolute atomic E-state index is 0.0586. The number of carbonyl (C=O) groups is 1. The van der Waals surface area contributed by atoms with Crippen molar-refractivity contribution in [2.75, 3.05) is 38.1 Å². The Labute approximate surface area is 207 Å². The molecule has 36 heavy (non-hydrogen) atoms. The minimum Gasteiger partial charge on any atom is -0.369 e. The number of likely N-dealkylation sites (N-methyl/N-ethyl adjacent to an activating group) is 1. The molecule has 7 nitrogen and oxygen atoms in total. The Kier molecular flexibility index (Phi) is 6.46. The number of rotatable bonds is 4. The summed E-state index contributed by atoms with van der Waals surface area (Å²) in [5.41, 5.74) is 3.78. The molecule has 1 saturated heterocycles. The highest BCUT2D eigenvalue weighted by atomic mass is 19.4. The number of aryl methyl sites for hydroxylation is 1. The molecule has 0 saturated carbocycles. The Balaban J connectivity index is 1.32. The van der Waals surface area contributed by atoms with E-state index in [1.165, 1.54) is 33.6 Å². The van der Waals surface area contributed by atoms with Crippen LogP contribution < -0.4 is 10.2 Å². The van der Waals surface area contributed by atoms with Crippen molar-refractivity contribution >= 4 is 11.6 Å². The van der Waals surface area contributed by atoms with Crippen LogP contribution in [0, 0.1) is 6.92 Å². The van der Waals surface area contributed by atoms with E-state index in [0.717, 1.165) is 57.6 Å². The zero-order valence-electron chi connectivity index (χ0n) is 20.3. The first kappa shape index (κ1) is 24.3. The summed E-state index contributed by atoms with van der Waals surface area (Å²) in [6.07, 6.45) is -2.06. The maximum absolute atomic E-state index is 13.1. The van der Waals surface area contributed by atoms with Gasteiger partial charge in [-0.25, -0.2) is 4.68 Å². The minimum atomic E-state index is -4.47. The van der Waals surface area contributed by atoms with Gasteiger partial charge in [0.1, 0.15) is 0 Å². The molecule has 10 heteroatoms. The van der Waals surface area contributed by atoms with Crippen LogP contribution in [0.25, 0.3) is 5.69 Å². The highest BCUT2D eigenvalue weighted by Crippen LogP contribution is 2.32. The molecular formula is C26H29F3N6O. The molecule has 0 radical (unpaired) electrons. The van der Waals surface area contributed by atoms with Crippen molar-refractivity contribution in [3.8, 4) is 5.69 Å². The molecule has 5 rings (SSSR count). The third-order valence-electron chi connectivity index (χ3n) is 7.17. The first-order valence-electron chi connectivity index (χ1n) is 12.2. The average Bonchev–Trinajstić information content (AvgIpc) is 3.25. The van der Waals surface area contributed by atoms with Gasteiger partial charge in [0.15, 0.2) is 5.69 Å². The van der Waals surface area contributed by atoms with Crippen LogP contribution >= 0.6 is 0 Å². The Bertz CT molecular complexity index is 1260. The van der Waals surface area contributed by atoms with Gasteiger partial charge in [-0.15, -0.1) is 5.10 Å². The van der Waals surface area contributed by atoms with Crippen LogP contribution in [0.5, 0.6) is 0 Å². The van der Waals surface area contributed by atoms with Crippen LogP contribution in [-0.4, -0.2) is 65.1 Å². The predicted octanol–water partition coefficient (Wildman–Crippen LogP) is 3.63. The largest absolute Gasteiger partial charge is 0.416 e. The summed E-state index contributed by atoms with van der Waals surface area (Å²) >= 11 is 0. The number of carbonyl (C=O) groups excluding carboxylic acids is 1. The number of fused-ring (bicyclic) bond motifs is 1. The lowest BCUT2D eigenvalue weighted by Gasteiger charge is -2.37. The van der Waals surface area contributed by atoms with E-state index in [1.54, 1.807) is 6.92 Å². The molecule has 1 amide bonds. The van der Waals surface area contributed by atoms with E-state index >= 15 is 0 Å². The Morgan fingerprint density at radius 1 is 1.08 bits per heavy atom. The van der Waals surface area contributed by atoms with Crippen LogP contribution in [-0.2, 0) is 19.0 Å². The third-order valence-corrected chi connectivity index (χ3v) is 7.17. The zero-order chi connectivity index (χ0) is 25.4. The van der Waals surface area contributed by atoms with E-state index in [-0.39, 0.29) is 23.3 Å². The fourth-order valence-electron chi connectivity index (χ4n) is 5.09. The number of amides is 1. The Morgan fingerprint density at radius 3 is 2.58 bits per heavy atom. The van der Waals surface area contributed by atoms with Crippen LogP contribution in [0.3, 0.4) is 0 Å². The fraction of sp³-hybridized carbons (Fsp3) is 0.423. The van der Waals surface area contributed by atoms with E-state index in [9.17, 15) is 18.0 Å². The molecule has 1 atom stereocenters. The Hall–Kier alpha value is -3.40. The molecule has 1 aliphatic carbocycles. The number of benzene rings is 2. The van der Waals surface area contributed by atoms with Gasteiger partial charge in [-0.3, -0.25) is 4.79 Å². The topological polar surface area (TPSA) is 66.3 Å². The van der Waals surface area contributed by atoms with E-state index in [0.29, 0.717) is 5.69 Å². The summed E-state index contributed by atoms with van der Waals surface area (Å²) in [6, 6.07) is 11.2. The van der Waals surface area contributed by atoms with E-state index in [2.05, 4.69) is 50.7 Å². The lowest BCUT2D eigenvalue weighted by Crippen LogP contribution is -2.45. The molecule has 0 spiro atoms. The highest BCUT2D eigenvalue weighted by molar-refractivity contribution is 5.93. The average molecular weight is 499 g/mol. The molecule has 2 heterocycles. The number of nitrogens with one attached hydrogen (secondary N) is 1. The van der Waals surface area contributed by atoms with Gasteiger partial charge in [0.25, 0.3) is 5.91 Å². The van der Waals surface area contributed by atoms with Crippen molar-refractivity contribution in [2.24, 2.45) is 0 Å². The number of alkyl halides is 3.